The maximum absolute atomic E-state index is 12.3. The third-order valence-electron chi connectivity index (χ3n) is 6.29. The van der Waals surface area contributed by atoms with Crippen molar-refractivity contribution in [2.24, 2.45) is 23.2 Å². The summed E-state index contributed by atoms with van der Waals surface area (Å²) in [5.41, 5.74) is 0.402. The summed E-state index contributed by atoms with van der Waals surface area (Å²) in [7, 11) is 0. The highest BCUT2D eigenvalue weighted by molar-refractivity contribution is 5.84. The first kappa shape index (κ1) is 12.7. The molecule has 102 valence electrons. The molecule has 0 radical (unpaired) electrons. The average Bonchev–Trinajstić information content (AvgIpc) is 2.35. The molecule has 3 fully saturated rings. The lowest BCUT2D eigenvalue weighted by molar-refractivity contribution is -0.170. The van der Waals surface area contributed by atoms with Gasteiger partial charge in [-0.2, -0.15) is 0 Å². The van der Waals surface area contributed by atoms with Crippen molar-refractivity contribution < 1.29 is 4.79 Å². The molecule has 0 N–H and O–H groups in total. The molecule has 4 unspecified atom stereocenters. The van der Waals surface area contributed by atoms with E-state index < -0.39 is 0 Å². The first-order valence-corrected chi connectivity index (χ1v) is 8.26. The molecule has 0 aromatic carbocycles. The lowest BCUT2D eigenvalue weighted by Gasteiger charge is -2.62. The van der Waals surface area contributed by atoms with Gasteiger partial charge in [-0.1, -0.05) is 45.4 Å². The van der Waals surface area contributed by atoms with Gasteiger partial charge in [-0.3, -0.25) is 4.79 Å². The van der Waals surface area contributed by atoms with Crippen LogP contribution < -0.4 is 0 Å². The average molecular weight is 248 g/mol. The van der Waals surface area contributed by atoms with Crippen LogP contribution in [0.1, 0.15) is 77.6 Å². The van der Waals surface area contributed by atoms with Gasteiger partial charge in [0.2, 0.25) is 0 Å². The van der Waals surface area contributed by atoms with Crippen LogP contribution in [0.2, 0.25) is 0 Å². The molecule has 0 saturated heterocycles. The van der Waals surface area contributed by atoms with Crippen molar-refractivity contribution in [2.45, 2.75) is 77.6 Å². The molecule has 0 aromatic rings. The summed E-state index contributed by atoms with van der Waals surface area (Å²) in [6.45, 7) is 2.43. The van der Waals surface area contributed by atoms with Crippen molar-refractivity contribution in [1.29, 1.82) is 0 Å². The smallest absolute Gasteiger partial charge is 0.136 e. The largest absolute Gasteiger partial charge is 0.299 e. The Morgan fingerprint density at radius 1 is 0.944 bits per heavy atom. The molecule has 0 aliphatic heterocycles. The Morgan fingerprint density at radius 2 is 1.61 bits per heavy atom. The first-order valence-electron chi connectivity index (χ1n) is 8.26. The van der Waals surface area contributed by atoms with E-state index in [0.717, 1.165) is 24.7 Å². The van der Waals surface area contributed by atoms with Gasteiger partial charge >= 0.3 is 0 Å². The van der Waals surface area contributed by atoms with Gasteiger partial charge in [0.05, 0.1) is 0 Å². The zero-order valence-electron chi connectivity index (χ0n) is 11.9. The highest BCUT2D eigenvalue weighted by Gasteiger charge is 2.61. The summed E-state index contributed by atoms with van der Waals surface area (Å²) < 4.78 is 0. The molecule has 0 spiro atoms. The molecular weight excluding hydrogens is 220 g/mol. The van der Waals surface area contributed by atoms with E-state index in [4.69, 9.17) is 0 Å². The number of carbonyl (C=O) groups excluding carboxylic acids is 1. The molecular formula is C17H28O. The van der Waals surface area contributed by atoms with E-state index >= 15 is 0 Å². The maximum atomic E-state index is 12.3. The number of hydrogen-bond donors (Lipinski definition) is 0. The van der Waals surface area contributed by atoms with E-state index in [1.165, 1.54) is 57.8 Å². The van der Waals surface area contributed by atoms with Crippen LogP contribution in [-0.2, 0) is 4.79 Å². The minimum Gasteiger partial charge on any atom is -0.299 e. The second kappa shape index (κ2) is 4.98. The summed E-state index contributed by atoms with van der Waals surface area (Å²) in [5.74, 6) is 2.71. The lowest BCUT2D eigenvalue weighted by Crippen LogP contribution is -2.60. The number of ketones is 1. The number of rotatable bonds is 0. The standard InChI is InChI=1S/C17H28O/c1-17-12-8-11-15(18)16(17)13-9-6-4-2-3-5-7-10-14(13)17/h13-14,16H,2-12H2,1H3. The fourth-order valence-electron chi connectivity index (χ4n) is 5.43. The predicted molar refractivity (Wildman–Crippen MR) is 74.4 cm³/mol. The van der Waals surface area contributed by atoms with Crippen LogP contribution in [-0.4, -0.2) is 5.78 Å². The number of fused-ring (bicyclic) bond motifs is 4. The quantitative estimate of drug-likeness (QED) is 0.605. The zero-order valence-corrected chi connectivity index (χ0v) is 11.9. The van der Waals surface area contributed by atoms with Gasteiger partial charge < -0.3 is 0 Å². The Balaban J connectivity index is 1.75. The van der Waals surface area contributed by atoms with Crippen molar-refractivity contribution in [3.05, 3.63) is 0 Å². The lowest BCUT2D eigenvalue weighted by atomic mass is 9.41. The molecule has 4 atom stereocenters. The second-order valence-electron chi connectivity index (χ2n) is 7.27. The highest BCUT2D eigenvalue weighted by atomic mass is 16.1. The van der Waals surface area contributed by atoms with E-state index in [0.29, 0.717) is 17.1 Å². The summed E-state index contributed by atoms with van der Waals surface area (Å²) >= 11 is 0. The molecule has 3 aliphatic carbocycles. The molecule has 0 aromatic heterocycles. The molecule has 3 saturated carbocycles. The third kappa shape index (κ3) is 1.94. The third-order valence-corrected chi connectivity index (χ3v) is 6.29. The van der Waals surface area contributed by atoms with Crippen LogP contribution in [0.5, 0.6) is 0 Å². The molecule has 1 heteroatoms. The highest BCUT2D eigenvalue weighted by Crippen LogP contribution is 2.64. The first-order chi connectivity index (χ1) is 8.73. The predicted octanol–water partition coefficient (Wildman–Crippen LogP) is 4.74. The van der Waals surface area contributed by atoms with Crippen LogP contribution in [0.4, 0.5) is 0 Å². The SMILES string of the molecule is CC12CCCC(=O)C1C1CCCCCCCCC12. The fraction of sp³-hybridized carbons (Fsp3) is 0.941. The van der Waals surface area contributed by atoms with E-state index in [2.05, 4.69) is 6.92 Å². The number of carbonyl (C=O) groups is 1. The normalized spacial score (nSPS) is 45.6. The molecule has 0 bridgehead atoms. The molecule has 0 heterocycles. The van der Waals surface area contributed by atoms with E-state index in [9.17, 15) is 4.79 Å². The monoisotopic (exact) mass is 248 g/mol. The molecule has 18 heavy (non-hydrogen) atoms. The second-order valence-corrected chi connectivity index (χ2v) is 7.27. The Kier molecular flexibility index (Phi) is 3.51. The van der Waals surface area contributed by atoms with E-state index in [-0.39, 0.29) is 0 Å². The van der Waals surface area contributed by atoms with Gasteiger partial charge in [-0.05, 0) is 42.9 Å². The van der Waals surface area contributed by atoms with Crippen molar-refractivity contribution in [1.82, 2.24) is 0 Å². The summed E-state index contributed by atoms with van der Waals surface area (Å²) in [6.07, 6.45) is 14.6. The van der Waals surface area contributed by atoms with Gasteiger partial charge in [-0.15, -0.1) is 0 Å². The fourth-order valence-corrected chi connectivity index (χ4v) is 5.43. The summed E-state index contributed by atoms with van der Waals surface area (Å²) in [4.78, 5) is 12.3. The van der Waals surface area contributed by atoms with Crippen molar-refractivity contribution in [3.8, 4) is 0 Å². The Bertz CT molecular complexity index is 322. The molecule has 3 aliphatic rings. The van der Waals surface area contributed by atoms with Gasteiger partial charge in [-0.25, -0.2) is 0 Å². The Hall–Kier alpha value is -0.330. The van der Waals surface area contributed by atoms with Crippen molar-refractivity contribution in [3.63, 3.8) is 0 Å². The number of Topliss-reactive ketones (excluding diaryl/α,β-unsaturated/α-hetero) is 1. The van der Waals surface area contributed by atoms with Crippen LogP contribution in [0.15, 0.2) is 0 Å². The summed E-state index contributed by atoms with van der Waals surface area (Å²) in [5, 5.41) is 0. The Morgan fingerprint density at radius 3 is 2.39 bits per heavy atom. The van der Waals surface area contributed by atoms with Gasteiger partial charge in [0, 0.05) is 12.3 Å². The van der Waals surface area contributed by atoms with E-state index in [1.54, 1.807) is 0 Å². The zero-order chi connectivity index (χ0) is 12.6. The minimum absolute atomic E-state index is 0.402. The molecule has 3 rings (SSSR count). The van der Waals surface area contributed by atoms with Crippen molar-refractivity contribution >= 4 is 5.78 Å². The van der Waals surface area contributed by atoms with Gasteiger partial charge in [0.25, 0.3) is 0 Å². The van der Waals surface area contributed by atoms with Gasteiger partial charge in [0.1, 0.15) is 5.78 Å². The van der Waals surface area contributed by atoms with Crippen LogP contribution in [0, 0.1) is 23.2 Å². The van der Waals surface area contributed by atoms with Crippen LogP contribution in [0.3, 0.4) is 0 Å². The van der Waals surface area contributed by atoms with Gasteiger partial charge in [0.15, 0.2) is 0 Å². The molecule has 0 amide bonds. The minimum atomic E-state index is 0.402. The van der Waals surface area contributed by atoms with Crippen molar-refractivity contribution in [2.75, 3.05) is 0 Å². The number of hydrogen-bond acceptors (Lipinski definition) is 1. The maximum Gasteiger partial charge on any atom is 0.136 e. The Labute approximate surface area is 112 Å². The van der Waals surface area contributed by atoms with Crippen LogP contribution >= 0.6 is 0 Å². The van der Waals surface area contributed by atoms with Crippen LogP contribution in [0.25, 0.3) is 0 Å². The molecule has 1 nitrogen and oxygen atoms in total. The summed E-state index contributed by atoms with van der Waals surface area (Å²) in [6, 6.07) is 0. The van der Waals surface area contributed by atoms with E-state index in [1.807, 2.05) is 0 Å². The topological polar surface area (TPSA) is 17.1 Å².